The van der Waals surface area contributed by atoms with Crippen molar-refractivity contribution in [2.24, 2.45) is 6.98 Å². The van der Waals surface area contributed by atoms with E-state index >= 15 is 0 Å². The molecule has 2 heterocycles. The molecule has 0 fully saturated rings. The number of aryl methyl sites for hydroxylation is 1. The zero-order valence-electron chi connectivity index (χ0n) is 15.6. The quantitative estimate of drug-likeness (QED) is 0.499. The van der Waals surface area contributed by atoms with Gasteiger partial charge >= 0.3 is 0 Å². The standard InChI is InChI=1S/C20H15N3O/c1-22-18-9-5-3-7-16(18)21-20(22)23-17-8-4-2-6-14(17)15-11-10-13(24)12-19(15)23/h2-12,24H,1H3/i1D3. The third-order valence-electron chi connectivity index (χ3n) is 4.40. The van der Waals surface area contributed by atoms with Gasteiger partial charge in [0.2, 0.25) is 5.95 Å². The van der Waals surface area contributed by atoms with Crippen molar-refractivity contribution in [2.45, 2.75) is 0 Å². The summed E-state index contributed by atoms with van der Waals surface area (Å²) in [6.45, 7) is -2.40. The van der Waals surface area contributed by atoms with Crippen molar-refractivity contribution in [3.05, 3.63) is 66.7 Å². The van der Waals surface area contributed by atoms with Gasteiger partial charge in [-0.25, -0.2) is 4.98 Å². The van der Waals surface area contributed by atoms with Crippen LogP contribution in [0.5, 0.6) is 5.75 Å². The van der Waals surface area contributed by atoms with E-state index in [0.29, 0.717) is 22.5 Å². The van der Waals surface area contributed by atoms with E-state index in [1.54, 1.807) is 34.9 Å². The molecular formula is C20H15N3O. The van der Waals surface area contributed by atoms with Crippen LogP contribution in [0.15, 0.2) is 66.7 Å². The lowest BCUT2D eigenvalue weighted by Gasteiger charge is -2.07. The predicted octanol–water partition coefficient (Wildman–Crippen LogP) is 4.38. The monoisotopic (exact) mass is 316 g/mol. The minimum atomic E-state index is -2.40. The average Bonchev–Trinajstić information content (AvgIpc) is 3.16. The summed E-state index contributed by atoms with van der Waals surface area (Å²) in [4.78, 5) is 4.64. The molecule has 5 rings (SSSR count). The maximum Gasteiger partial charge on any atom is 0.215 e. The lowest BCUT2D eigenvalue weighted by Crippen LogP contribution is -2.02. The number of rotatable bonds is 1. The van der Waals surface area contributed by atoms with Crippen LogP contribution in [0, 0.1) is 0 Å². The first kappa shape index (κ1) is 10.5. The predicted molar refractivity (Wildman–Crippen MR) is 96.7 cm³/mol. The molecule has 5 aromatic rings. The fourth-order valence-corrected chi connectivity index (χ4v) is 3.34. The summed E-state index contributed by atoms with van der Waals surface area (Å²) >= 11 is 0. The summed E-state index contributed by atoms with van der Waals surface area (Å²) in [5, 5.41) is 11.9. The van der Waals surface area contributed by atoms with Gasteiger partial charge in [0.15, 0.2) is 0 Å². The van der Waals surface area contributed by atoms with E-state index in [1.807, 2.05) is 36.4 Å². The molecule has 0 amide bonds. The van der Waals surface area contributed by atoms with Gasteiger partial charge in [0, 0.05) is 27.9 Å². The number of para-hydroxylation sites is 3. The van der Waals surface area contributed by atoms with Crippen LogP contribution in [-0.4, -0.2) is 19.2 Å². The molecule has 0 bridgehead atoms. The number of aromatic nitrogens is 3. The van der Waals surface area contributed by atoms with Gasteiger partial charge in [-0.1, -0.05) is 30.3 Å². The Morgan fingerprint density at radius 2 is 1.62 bits per heavy atom. The Morgan fingerprint density at radius 1 is 0.875 bits per heavy atom. The second kappa shape index (κ2) is 4.61. The van der Waals surface area contributed by atoms with Crippen LogP contribution in [0.4, 0.5) is 0 Å². The number of nitrogens with zero attached hydrogens (tertiary/aromatic N) is 3. The molecular weight excluding hydrogens is 298 g/mol. The minimum absolute atomic E-state index is 0.114. The molecule has 2 aromatic heterocycles. The van der Waals surface area contributed by atoms with Crippen molar-refractivity contribution in [3.8, 4) is 11.7 Å². The molecule has 0 aliphatic rings. The number of phenolic OH excluding ortho intramolecular Hbond substituents is 1. The Kier molecular flexibility index (Phi) is 2.02. The first-order valence-corrected chi connectivity index (χ1v) is 7.66. The van der Waals surface area contributed by atoms with Crippen molar-refractivity contribution < 1.29 is 9.22 Å². The number of benzene rings is 3. The maximum absolute atomic E-state index is 10.0. The highest BCUT2D eigenvalue weighted by molar-refractivity contribution is 6.09. The molecule has 0 aliphatic heterocycles. The molecule has 4 nitrogen and oxygen atoms in total. The highest BCUT2D eigenvalue weighted by atomic mass is 16.3. The highest BCUT2D eigenvalue weighted by Gasteiger charge is 2.16. The van der Waals surface area contributed by atoms with Gasteiger partial charge in [-0.15, -0.1) is 0 Å². The number of fused-ring (bicyclic) bond motifs is 4. The van der Waals surface area contributed by atoms with Crippen LogP contribution < -0.4 is 0 Å². The summed E-state index contributed by atoms with van der Waals surface area (Å²) in [5.41, 5.74) is 2.68. The first-order valence-electron chi connectivity index (χ1n) is 9.16. The van der Waals surface area contributed by atoms with E-state index in [2.05, 4.69) is 4.98 Å². The number of hydrogen-bond donors (Lipinski definition) is 1. The molecule has 116 valence electrons. The first-order chi connectivity index (χ1) is 12.9. The molecule has 0 saturated carbocycles. The van der Waals surface area contributed by atoms with Gasteiger partial charge in [-0.2, -0.15) is 0 Å². The van der Waals surface area contributed by atoms with Crippen molar-refractivity contribution in [1.29, 1.82) is 0 Å². The summed E-state index contributed by atoms with van der Waals surface area (Å²) in [5.74, 6) is 0.413. The summed E-state index contributed by atoms with van der Waals surface area (Å²) in [7, 11) is 0. The fraction of sp³-hybridized carbons (Fsp3) is 0.0500. The SMILES string of the molecule is [2H]C([2H])([2H])n1c(-n2c3ccccc3c3ccc(O)cc32)nc2ccccc21. The van der Waals surface area contributed by atoms with E-state index in [-0.39, 0.29) is 5.75 Å². The normalized spacial score (nSPS) is 14.1. The van der Waals surface area contributed by atoms with Crippen LogP contribution in [0.2, 0.25) is 0 Å². The van der Waals surface area contributed by atoms with Crippen LogP contribution in [0.25, 0.3) is 38.8 Å². The molecule has 1 N–H and O–H groups in total. The van der Waals surface area contributed by atoms with Crippen molar-refractivity contribution in [2.75, 3.05) is 0 Å². The molecule has 0 atom stereocenters. The largest absolute Gasteiger partial charge is 0.508 e. The van der Waals surface area contributed by atoms with E-state index in [4.69, 9.17) is 4.11 Å². The van der Waals surface area contributed by atoms with E-state index in [9.17, 15) is 5.11 Å². The van der Waals surface area contributed by atoms with Crippen LogP contribution in [0.1, 0.15) is 4.11 Å². The van der Waals surface area contributed by atoms with Crippen LogP contribution >= 0.6 is 0 Å². The molecule has 24 heavy (non-hydrogen) atoms. The number of phenols is 1. The van der Waals surface area contributed by atoms with Gasteiger partial charge in [-0.3, -0.25) is 4.57 Å². The Balaban J connectivity index is 2.01. The summed E-state index contributed by atoms with van der Waals surface area (Å²) in [6, 6.07) is 20.0. The lowest BCUT2D eigenvalue weighted by atomic mass is 10.1. The van der Waals surface area contributed by atoms with Crippen molar-refractivity contribution >= 4 is 32.8 Å². The minimum Gasteiger partial charge on any atom is -0.508 e. The topological polar surface area (TPSA) is 43.0 Å². The van der Waals surface area contributed by atoms with Gasteiger partial charge in [0.05, 0.1) is 22.1 Å². The van der Waals surface area contributed by atoms with Gasteiger partial charge in [0.1, 0.15) is 5.75 Å². The Hall–Kier alpha value is -3.27. The Morgan fingerprint density at radius 3 is 2.50 bits per heavy atom. The van der Waals surface area contributed by atoms with Gasteiger partial charge in [-0.05, 0) is 30.3 Å². The number of aromatic hydroxyl groups is 1. The number of imidazole rings is 1. The van der Waals surface area contributed by atoms with Gasteiger partial charge < -0.3 is 9.67 Å². The molecule has 3 aromatic carbocycles. The smallest absolute Gasteiger partial charge is 0.215 e. The molecule has 4 heteroatoms. The van der Waals surface area contributed by atoms with Crippen LogP contribution in [0.3, 0.4) is 0 Å². The maximum atomic E-state index is 10.0. The van der Waals surface area contributed by atoms with E-state index in [1.165, 1.54) is 4.57 Å². The van der Waals surface area contributed by atoms with Crippen molar-refractivity contribution in [3.63, 3.8) is 0 Å². The summed E-state index contributed by atoms with van der Waals surface area (Å²) < 4.78 is 27.3. The van der Waals surface area contributed by atoms with Crippen LogP contribution in [-0.2, 0) is 6.98 Å². The van der Waals surface area contributed by atoms with Gasteiger partial charge in [0.25, 0.3) is 0 Å². The fourth-order valence-electron chi connectivity index (χ4n) is 3.34. The second-order valence-corrected chi connectivity index (χ2v) is 5.79. The zero-order valence-corrected chi connectivity index (χ0v) is 12.6. The molecule has 0 radical (unpaired) electrons. The molecule has 0 saturated heterocycles. The summed E-state index contributed by atoms with van der Waals surface area (Å²) in [6.07, 6.45) is 0. The molecule has 0 unspecified atom stereocenters. The third kappa shape index (κ3) is 1.65. The van der Waals surface area contributed by atoms with Crippen molar-refractivity contribution in [1.82, 2.24) is 14.1 Å². The van der Waals surface area contributed by atoms with E-state index < -0.39 is 6.98 Å². The molecule has 0 spiro atoms. The highest BCUT2D eigenvalue weighted by Crippen LogP contribution is 2.34. The average molecular weight is 316 g/mol. The Bertz CT molecular complexity index is 1330. The zero-order chi connectivity index (χ0) is 18.8. The van der Waals surface area contributed by atoms with E-state index in [0.717, 1.165) is 16.3 Å². The lowest BCUT2D eigenvalue weighted by molar-refractivity contribution is 0.476. The number of hydrogen-bond acceptors (Lipinski definition) is 2. The third-order valence-corrected chi connectivity index (χ3v) is 4.40. The second-order valence-electron chi connectivity index (χ2n) is 5.79. The Labute approximate surface area is 142 Å². The molecule has 0 aliphatic carbocycles.